The summed E-state index contributed by atoms with van der Waals surface area (Å²) < 4.78 is 5.92. The quantitative estimate of drug-likeness (QED) is 0.863. The van der Waals surface area contributed by atoms with Crippen LogP contribution in [-0.2, 0) is 4.74 Å². The summed E-state index contributed by atoms with van der Waals surface area (Å²) in [6.07, 6.45) is 5.13. The zero-order chi connectivity index (χ0) is 13.5. The maximum absolute atomic E-state index is 5.92. The van der Waals surface area contributed by atoms with E-state index in [4.69, 9.17) is 4.74 Å². The Hall–Kier alpha value is -1.78. The van der Waals surface area contributed by atoms with E-state index in [1.807, 2.05) is 44.6 Å². The first-order chi connectivity index (χ1) is 9.36. The van der Waals surface area contributed by atoms with Crippen molar-refractivity contribution in [3.8, 4) is 0 Å². The van der Waals surface area contributed by atoms with Gasteiger partial charge in [-0.15, -0.1) is 0 Å². The summed E-state index contributed by atoms with van der Waals surface area (Å²) in [6.45, 7) is 2.66. The van der Waals surface area contributed by atoms with E-state index in [1.165, 1.54) is 6.33 Å². The minimum Gasteiger partial charge on any atom is -0.372 e. The number of nitrogens with zero attached hydrogens (tertiary/aromatic N) is 2. The highest BCUT2D eigenvalue weighted by molar-refractivity contribution is 5.23. The van der Waals surface area contributed by atoms with Crippen molar-refractivity contribution in [3.05, 3.63) is 60.2 Å². The zero-order valence-corrected chi connectivity index (χ0v) is 11.3. The van der Waals surface area contributed by atoms with E-state index in [1.54, 1.807) is 0 Å². The Kier molecular flexibility index (Phi) is 5.01. The molecule has 4 nitrogen and oxygen atoms in total. The number of rotatable bonds is 6. The van der Waals surface area contributed by atoms with Crippen molar-refractivity contribution >= 4 is 0 Å². The molecule has 100 valence electrons. The van der Waals surface area contributed by atoms with Crippen LogP contribution in [0.4, 0.5) is 0 Å². The molecule has 1 aromatic carbocycles. The molecule has 0 spiro atoms. The summed E-state index contributed by atoms with van der Waals surface area (Å²) >= 11 is 0. The summed E-state index contributed by atoms with van der Waals surface area (Å²) in [4.78, 5) is 8.17. The predicted molar refractivity (Wildman–Crippen MR) is 74.6 cm³/mol. The molecule has 1 heterocycles. The molecule has 1 aromatic heterocycles. The predicted octanol–water partition coefficient (Wildman–Crippen LogP) is 2.51. The molecule has 0 saturated carbocycles. The van der Waals surface area contributed by atoms with Crippen LogP contribution in [0.15, 0.2) is 49.1 Å². The monoisotopic (exact) mass is 257 g/mol. The van der Waals surface area contributed by atoms with Gasteiger partial charge in [0.25, 0.3) is 0 Å². The average molecular weight is 257 g/mol. The third-order valence-corrected chi connectivity index (χ3v) is 3.03. The van der Waals surface area contributed by atoms with Crippen molar-refractivity contribution in [2.24, 2.45) is 0 Å². The van der Waals surface area contributed by atoms with Crippen molar-refractivity contribution in [1.82, 2.24) is 15.3 Å². The Balaban J connectivity index is 2.31. The van der Waals surface area contributed by atoms with Crippen LogP contribution >= 0.6 is 0 Å². The molecule has 2 atom stereocenters. The van der Waals surface area contributed by atoms with E-state index < -0.39 is 0 Å². The highest BCUT2D eigenvalue weighted by atomic mass is 16.5. The number of nitrogens with one attached hydrogen (secondary N) is 1. The summed E-state index contributed by atoms with van der Waals surface area (Å²) in [6, 6.07) is 10.2. The molecule has 1 N–H and O–H groups in total. The molecule has 0 aliphatic heterocycles. The van der Waals surface area contributed by atoms with Crippen molar-refractivity contribution < 1.29 is 4.74 Å². The molecule has 0 aliphatic rings. The first-order valence-corrected chi connectivity index (χ1v) is 6.45. The molecule has 0 fully saturated rings. The normalized spacial score (nSPS) is 14.0. The number of hydrogen-bond acceptors (Lipinski definition) is 4. The number of likely N-dealkylation sites (N-methyl/N-ethyl adjacent to an activating group) is 1. The molecule has 2 rings (SSSR count). The first kappa shape index (κ1) is 13.6. The van der Waals surface area contributed by atoms with Crippen LogP contribution in [0.5, 0.6) is 0 Å². The highest BCUT2D eigenvalue weighted by Crippen LogP contribution is 2.31. The maximum atomic E-state index is 5.92. The van der Waals surface area contributed by atoms with Crippen LogP contribution in [0.25, 0.3) is 0 Å². The van der Waals surface area contributed by atoms with E-state index >= 15 is 0 Å². The molecule has 0 bridgehead atoms. The lowest BCUT2D eigenvalue weighted by Crippen LogP contribution is -2.26. The Morgan fingerprint density at radius 3 is 2.37 bits per heavy atom. The Labute approximate surface area is 113 Å². The number of benzene rings is 1. The number of aromatic nitrogens is 2. The largest absolute Gasteiger partial charge is 0.372 e. The van der Waals surface area contributed by atoms with Crippen molar-refractivity contribution in [2.45, 2.75) is 19.1 Å². The minimum atomic E-state index is -0.0535. The van der Waals surface area contributed by atoms with Crippen molar-refractivity contribution in [2.75, 3.05) is 13.7 Å². The number of hydrogen-bond donors (Lipinski definition) is 1. The standard InChI is InChI=1S/C15H19N3O/c1-3-19-15(12-7-5-4-6-8-12)14(16-2)13-9-17-11-18-10-13/h4-11,14-16H,3H2,1-2H3. The van der Waals surface area contributed by atoms with E-state index in [9.17, 15) is 0 Å². The SMILES string of the molecule is CCOC(c1ccccc1)C(NC)c1cncnc1. The van der Waals surface area contributed by atoms with Gasteiger partial charge in [-0.3, -0.25) is 0 Å². The van der Waals surface area contributed by atoms with Gasteiger partial charge < -0.3 is 10.1 Å². The Morgan fingerprint density at radius 1 is 1.11 bits per heavy atom. The van der Waals surface area contributed by atoms with Crippen LogP contribution < -0.4 is 5.32 Å². The lowest BCUT2D eigenvalue weighted by Gasteiger charge is -2.27. The fraction of sp³-hybridized carbons (Fsp3) is 0.333. The van der Waals surface area contributed by atoms with Gasteiger partial charge in [-0.05, 0) is 19.5 Å². The smallest absolute Gasteiger partial charge is 0.115 e. The molecule has 0 radical (unpaired) electrons. The van der Waals surface area contributed by atoms with Gasteiger partial charge in [-0.2, -0.15) is 0 Å². The molecule has 2 aromatic rings. The fourth-order valence-corrected chi connectivity index (χ4v) is 2.17. The van der Waals surface area contributed by atoms with Crippen LogP contribution in [0, 0.1) is 0 Å². The van der Waals surface area contributed by atoms with Gasteiger partial charge in [0.1, 0.15) is 12.4 Å². The molecule has 0 amide bonds. The average Bonchev–Trinajstić information content (AvgIpc) is 2.49. The van der Waals surface area contributed by atoms with E-state index in [-0.39, 0.29) is 12.1 Å². The van der Waals surface area contributed by atoms with Gasteiger partial charge in [0.05, 0.1) is 6.04 Å². The molecule has 2 unspecified atom stereocenters. The third-order valence-electron chi connectivity index (χ3n) is 3.03. The summed E-state index contributed by atoms with van der Waals surface area (Å²) in [5, 5.41) is 3.30. The third kappa shape index (κ3) is 3.36. The van der Waals surface area contributed by atoms with Gasteiger partial charge in [0, 0.05) is 24.6 Å². The van der Waals surface area contributed by atoms with Crippen LogP contribution in [0.1, 0.15) is 30.2 Å². The van der Waals surface area contributed by atoms with Gasteiger partial charge in [0.15, 0.2) is 0 Å². The van der Waals surface area contributed by atoms with E-state index in [0.29, 0.717) is 6.61 Å². The summed E-state index contributed by atoms with van der Waals surface area (Å²) in [5.41, 5.74) is 2.17. The lowest BCUT2D eigenvalue weighted by molar-refractivity contribution is 0.0345. The topological polar surface area (TPSA) is 47.0 Å². The second kappa shape index (κ2) is 6.97. The van der Waals surface area contributed by atoms with Crippen LogP contribution in [0.3, 0.4) is 0 Å². The molecule has 0 saturated heterocycles. The fourth-order valence-electron chi connectivity index (χ4n) is 2.17. The van der Waals surface area contributed by atoms with Crippen LogP contribution in [0.2, 0.25) is 0 Å². The van der Waals surface area contributed by atoms with Crippen molar-refractivity contribution in [3.63, 3.8) is 0 Å². The summed E-state index contributed by atoms with van der Waals surface area (Å²) in [7, 11) is 1.92. The van der Waals surface area contributed by atoms with Gasteiger partial charge in [-0.25, -0.2) is 9.97 Å². The Bertz CT molecular complexity index is 475. The number of ether oxygens (including phenoxy) is 1. The minimum absolute atomic E-state index is 0.0311. The summed E-state index contributed by atoms with van der Waals surface area (Å²) in [5.74, 6) is 0. The van der Waals surface area contributed by atoms with Gasteiger partial charge in [-0.1, -0.05) is 30.3 Å². The zero-order valence-electron chi connectivity index (χ0n) is 11.3. The van der Waals surface area contributed by atoms with Crippen LogP contribution in [-0.4, -0.2) is 23.6 Å². The second-order valence-corrected chi connectivity index (χ2v) is 4.22. The maximum Gasteiger partial charge on any atom is 0.115 e. The molecular weight excluding hydrogens is 238 g/mol. The highest BCUT2D eigenvalue weighted by Gasteiger charge is 2.24. The van der Waals surface area contributed by atoms with E-state index in [0.717, 1.165) is 11.1 Å². The van der Waals surface area contributed by atoms with Crippen molar-refractivity contribution in [1.29, 1.82) is 0 Å². The molecule has 0 aliphatic carbocycles. The Morgan fingerprint density at radius 2 is 1.79 bits per heavy atom. The molecular formula is C15H19N3O. The van der Waals surface area contributed by atoms with E-state index in [2.05, 4.69) is 27.4 Å². The second-order valence-electron chi connectivity index (χ2n) is 4.22. The lowest BCUT2D eigenvalue weighted by atomic mass is 9.97. The molecule has 19 heavy (non-hydrogen) atoms. The molecule has 4 heteroatoms. The first-order valence-electron chi connectivity index (χ1n) is 6.45. The van der Waals surface area contributed by atoms with Gasteiger partial charge in [0.2, 0.25) is 0 Å². The van der Waals surface area contributed by atoms with Gasteiger partial charge >= 0.3 is 0 Å².